The molecule has 0 saturated carbocycles. The topological polar surface area (TPSA) is 109 Å². The van der Waals surface area contributed by atoms with Crippen LogP contribution in [0.1, 0.15) is 11.3 Å². The van der Waals surface area contributed by atoms with Crippen molar-refractivity contribution in [2.45, 2.75) is 11.1 Å². The third-order valence-corrected chi connectivity index (χ3v) is 5.32. The number of benzene rings is 2. The Kier molecular flexibility index (Phi) is 5.89. The molecule has 2 aromatic carbocycles. The number of thiocarbonyl (C=S) groups is 1. The van der Waals surface area contributed by atoms with Gasteiger partial charge in [-0.2, -0.15) is 18.3 Å². The molecule has 30 heavy (non-hydrogen) atoms. The number of alkyl halides is 3. The minimum atomic E-state index is -4.56. The molecule has 0 atom stereocenters. The van der Waals surface area contributed by atoms with Crippen molar-refractivity contribution in [1.29, 1.82) is 0 Å². The number of aromatic nitrogens is 1. The summed E-state index contributed by atoms with van der Waals surface area (Å²) < 4.78 is 65.8. The summed E-state index contributed by atoms with van der Waals surface area (Å²) in [7, 11) is -4.15. The summed E-state index contributed by atoms with van der Waals surface area (Å²) in [5.74, 6) is 0. The summed E-state index contributed by atoms with van der Waals surface area (Å²) in [6.07, 6.45) is -3.21. The third kappa shape index (κ3) is 5.02. The summed E-state index contributed by atoms with van der Waals surface area (Å²) in [6, 6.07) is 11.4. The van der Waals surface area contributed by atoms with E-state index >= 15 is 0 Å². The molecule has 0 unspecified atom stereocenters. The number of para-hydroxylation sites is 1. The average molecular weight is 453 g/mol. The molecule has 1 aromatic heterocycles. The number of hydrogen-bond donors (Lipinski definition) is 3. The maximum Gasteiger partial charge on any atom is 0.416 e. The Morgan fingerprint density at radius 2 is 1.80 bits per heavy atom. The molecule has 0 spiro atoms. The van der Waals surface area contributed by atoms with Crippen LogP contribution in [0.25, 0.3) is 10.9 Å². The van der Waals surface area contributed by atoms with E-state index in [0.717, 1.165) is 12.1 Å². The maximum atomic E-state index is 12.7. The van der Waals surface area contributed by atoms with Crippen LogP contribution < -0.4 is 15.9 Å². The van der Waals surface area contributed by atoms with Gasteiger partial charge in [-0.3, -0.25) is 10.1 Å². The van der Waals surface area contributed by atoms with Crippen molar-refractivity contribution in [1.82, 2.24) is 10.4 Å². The molecule has 0 bridgehead atoms. The van der Waals surface area contributed by atoms with E-state index in [1.165, 1.54) is 12.3 Å². The van der Waals surface area contributed by atoms with Crippen molar-refractivity contribution in [3.8, 4) is 0 Å². The summed E-state index contributed by atoms with van der Waals surface area (Å²) in [4.78, 5) is 4.03. The van der Waals surface area contributed by atoms with Crippen LogP contribution in [0.2, 0.25) is 0 Å². The van der Waals surface area contributed by atoms with E-state index in [1.54, 1.807) is 24.3 Å². The van der Waals surface area contributed by atoms with Gasteiger partial charge in [0, 0.05) is 5.39 Å². The number of hydrogen-bond acceptors (Lipinski definition) is 5. The molecule has 0 radical (unpaired) electrons. The minimum Gasteiger partial charge on any atom is -0.375 e. The van der Waals surface area contributed by atoms with Gasteiger partial charge in [0.25, 0.3) is 10.0 Å². The molecule has 1 heterocycles. The minimum absolute atomic E-state index is 0.0305. The van der Waals surface area contributed by atoms with Crippen molar-refractivity contribution >= 4 is 50.2 Å². The van der Waals surface area contributed by atoms with Gasteiger partial charge in [-0.25, -0.2) is 13.4 Å². The lowest BCUT2D eigenvalue weighted by atomic mass is 10.2. The van der Waals surface area contributed by atoms with Crippen LogP contribution in [0.5, 0.6) is 0 Å². The average Bonchev–Trinajstić information content (AvgIpc) is 2.67. The second kappa shape index (κ2) is 8.24. The van der Waals surface area contributed by atoms with Gasteiger partial charge < -0.3 is 5.73 Å². The van der Waals surface area contributed by atoms with Crippen LogP contribution in [0.4, 0.5) is 18.9 Å². The van der Waals surface area contributed by atoms with Crippen molar-refractivity contribution in [3.05, 3.63) is 65.9 Å². The third-order valence-electron chi connectivity index (χ3n) is 3.85. The number of sulfonamides is 1. The lowest BCUT2D eigenvalue weighted by molar-refractivity contribution is -0.137. The highest BCUT2D eigenvalue weighted by atomic mass is 32.2. The fourth-order valence-corrected chi connectivity index (χ4v) is 3.62. The van der Waals surface area contributed by atoms with Crippen LogP contribution in [-0.2, 0) is 16.2 Å². The Morgan fingerprint density at radius 1 is 1.10 bits per heavy atom. The number of rotatable bonds is 5. The number of nitrogens with zero attached hydrogens (tertiary/aromatic N) is 2. The molecule has 3 aromatic rings. The number of anilines is 1. The lowest BCUT2D eigenvalue weighted by Crippen LogP contribution is -2.24. The fourth-order valence-electron chi connectivity index (χ4n) is 2.51. The Morgan fingerprint density at radius 3 is 2.43 bits per heavy atom. The Balaban J connectivity index is 1.94. The highest BCUT2D eigenvalue weighted by Crippen LogP contribution is 2.30. The molecular formula is C18H14F3N5O2S2. The molecule has 0 aliphatic heterocycles. The molecule has 0 amide bonds. The number of halogens is 3. The molecule has 4 N–H and O–H groups in total. The largest absolute Gasteiger partial charge is 0.416 e. The van der Waals surface area contributed by atoms with Gasteiger partial charge in [0.1, 0.15) is 0 Å². The second-order valence-electron chi connectivity index (χ2n) is 5.98. The summed E-state index contributed by atoms with van der Waals surface area (Å²) in [5, 5.41) is 4.40. The molecule has 0 saturated heterocycles. The Bertz CT molecular complexity index is 1230. The number of hydrazone groups is 1. The highest BCUT2D eigenvalue weighted by Gasteiger charge is 2.30. The molecule has 156 valence electrons. The monoisotopic (exact) mass is 453 g/mol. The van der Waals surface area contributed by atoms with Gasteiger partial charge in [-0.15, -0.1) is 0 Å². The number of nitrogens with two attached hydrogens (primary N) is 1. The number of pyridine rings is 1. The van der Waals surface area contributed by atoms with Crippen LogP contribution in [0.3, 0.4) is 0 Å². The SMILES string of the molecule is NC(=S)N/N=C/c1ccc2cccc(NS(=O)(=O)c3ccc(C(F)(F)F)cc3)c2n1. The molecule has 0 aliphatic rings. The van der Waals surface area contributed by atoms with Gasteiger partial charge >= 0.3 is 6.18 Å². The maximum absolute atomic E-state index is 12.7. The standard InChI is InChI=1S/C18H14F3N5O2S2/c19-18(20,21)12-5-8-14(9-6-12)30(27,28)26-15-3-1-2-11-4-7-13(24-16(11)15)10-23-25-17(22)29/h1-10,26H,(H3,22,25,29)/b23-10+. The van der Waals surface area contributed by atoms with E-state index in [0.29, 0.717) is 28.7 Å². The van der Waals surface area contributed by atoms with Crippen molar-refractivity contribution in [2.24, 2.45) is 10.8 Å². The summed E-state index contributed by atoms with van der Waals surface area (Å²) >= 11 is 4.64. The smallest absolute Gasteiger partial charge is 0.375 e. The zero-order valence-electron chi connectivity index (χ0n) is 15.0. The van der Waals surface area contributed by atoms with E-state index < -0.39 is 21.8 Å². The van der Waals surface area contributed by atoms with E-state index in [9.17, 15) is 21.6 Å². The second-order valence-corrected chi connectivity index (χ2v) is 8.10. The zero-order valence-corrected chi connectivity index (χ0v) is 16.6. The quantitative estimate of drug-likeness (QED) is 0.311. The Hall–Kier alpha value is -3.25. The zero-order chi connectivity index (χ0) is 21.9. The normalized spacial score (nSPS) is 12.2. The van der Waals surface area contributed by atoms with Crippen LogP contribution in [-0.4, -0.2) is 24.7 Å². The van der Waals surface area contributed by atoms with Crippen LogP contribution >= 0.6 is 12.2 Å². The molecule has 0 aliphatic carbocycles. The molecule has 7 nitrogen and oxygen atoms in total. The fraction of sp³-hybridized carbons (Fsp3) is 0.0556. The van der Waals surface area contributed by atoms with Gasteiger partial charge in [0.15, 0.2) is 5.11 Å². The first-order valence-electron chi connectivity index (χ1n) is 8.25. The number of nitrogens with one attached hydrogen (secondary N) is 2. The molecule has 12 heteroatoms. The molecular weight excluding hydrogens is 439 g/mol. The first-order chi connectivity index (χ1) is 14.1. The molecule has 3 rings (SSSR count). The predicted molar refractivity (Wildman–Crippen MR) is 112 cm³/mol. The summed E-state index contributed by atoms with van der Waals surface area (Å²) in [6.45, 7) is 0. The van der Waals surface area contributed by atoms with Gasteiger partial charge in [-0.05, 0) is 48.6 Å². The van der Waals surface area contributed by atoms with Gasteiger partial charge in [0.05, 0.1) is 33.6 Å². The Labute approximate surface area is 174 Å². The summed E-state index contributed by atoms with van der Waals surface area (Å²) in [5.41, 5.74) is 7.59. The van der Waals surface area contributed by atoms with E-state index in [4.69, 9.17) is 5.73 Å². The van der Waals surface area contributed by atoms with Crippen LogP contribution in [0, 0.1) is 0 Å². The van der Waals surface area contributed by atoms with Crippen molar-refractivity contribution < 1.29 is 21.6 Å². The van der Waals surface area contributed by atoms with E-state index in [-0.39, 0.29) is 15.7 Å². The first-order valence-corrected chi connectivity index (χ1v) is 10.1. The van der Waals surface area contributed by atoms with Crippen LogP contribution in [0.15, 0.2) is 64.6 Å². The predicted octanol–water partition coefficient (Wildman–Crippen LogP) is 3.22. The molecule has 0 fully saturated rings. The first kappa shape index (κ1) is 21.5. The van der Waals surface area contributed by atoms with Crippen molar-refractivity contribution in [3.63, 3.8) is 0 Å². The van der Waals surface area contributed by atoms with E-state index in [2.05, 4.69) is 32.5 Å². The highest BCUT2D eigenvalue weighted by molar-refractivity contribution is 7.92. The van der Waals surface area contributed by atoms with Gasteiger partial charge in [0.2, 0.25) is 0 Å². The van der Waals surface area contributed by atoms with Crippen molar-refractivity contribution in [2.75, 3.05) is 4.72 Å². The van der Waals surface area contributed by atoms with Gasteiger partial charge in [-0.1, -0.05) is 18.2 Å². The number of fused-ring (bicyclic) bond motifs is 1. The lowest BCUT2D eigenvalue weighted by Gasteiger charge is -2.12. The van der Waals surface area contributed by atoms with E-state index in [1.807, 2.05) is 0 Å².